The molecule has 1 unspecified atom stereocenters. The number of halogens is 2. The first-order valence-corrected chi connectivity index (χ1v) is 7.40. The van der Waals surface area contributed by atoms with E-state index in [1.54, 1.807) is 0 Å². The number of hydrogen-bond donors (Lipinski definition) is 1. The van der Waals surface area contributed by atoms with Gasteiger partial charge in [0.25, 0.3) is 0 Å². The number of nitrogens with two attached hydrogens (primary N) is 1. The number of rotatable bonds is 5. The van der Waals surface area contributed by atoms with Gasteiger partial charge in [-0.1, -0.05) is 23.7 Å². The van der Waals surface area contributed by atoms with Crippen molar-refractivity contribution < 1.29 is 4.74 Å². The monoisotopic (exact) mass is 318 g/mol. The molecule has 1 aromatic carbocycles. The van der Waals surface area contributed by atoms with E-state index in [4.69, 9.17) is 22.1 Å². The van der Waals surface area contributed by atoms with Gasteiger partial charge in [0, 0.05) is 12.6 Å². The van der Waals surface area contributed by atoms with Crippen LogP contribution in [0.2, 0.25) is 5.02 Å². The van der Waals surface area contributed by atoms with Crippen molar-refractivity contribution in [2.24, 2.45) is 11.7 Å². The van der Waals surface area contributed by atoms with Crippen molar-refractivity contribution in [3.8, 4) is 5.75 Å². The Morgan fingerprint density at radius 3 is 2.60 bits per heavy atom. The summed E-state index contributed by atoms with van der Waals surface area (Å²) in [5.74, 6) is 1.45. The van der Waals surface area contributed by atoms with Crippen molar-refractivity contribution in [2.75, 3.05) is 26.2 Å². The summed E-state index contributed by atoms with van der Waals surface area (Å²) in [5, 5.41) is 0.679. The molecule has 0 spiro atoms. The molecule has 3 nitrogen and oxygen atoms in total. The van der Waals surface area contributed by atoms with Gasteiger partial charge in [-0.3, -0.25) is 4.90 Å². The van der Waals surface area contributed by atoms with Crippen LogP contribution in [0.4, 0.5) is 0 Å². The minimum absolute atomic E-state index is 0. The average Bonchev–Trinajstić information content (AvgIpc) is 2.41. The zero-order valence-corrected chi connectivity index (χ0v) is 13.5. The highest BCUT2D eigenvalue weighted by Crippen LogP contribution is 2.23. The van der Waals surface area contributed by atoms with Gasteiger partial charge in [0.2, 0.25) is 0 Å². The molecule has 0 aliphatic carbocycles. The molecular formula is C15H24Cl2N2O. The second-order valence-electron chi connectivity index (χ2n) is 5.32. The van der Waals surface area contributed by atoms with Crippen LogP contribution < -0.4 is 10.5 Å². The molecule has 0 radical (unpaired) electrons. The number of likely N-dealkylation sites (tertiary alicyclic amines) is 1. The first-order chi connectivity index (χ1) is 9.16. The van der Waals surface area contributed by atoms with Crippen LogP contribution >= 0.6 is 24.0 Å². The van der Waals surface area contributed by atoms with E-state index in [2.05, 4.69) is 11.8 Å². The number of benzene rings is 1. The quantitative estimate of drug-likeness (QED) is 0.906. The molecular weight excluding hydrogens is 295 g/mol. The summed E-state index contributed by atoms with van der Waals surface area (Å²) in [6.45, 7) is 6.00. The highest BCUT2D eigenvalue weighted by molar-refractivity contribution is 6.32. The van der Waals surface area contributed by atoms with E-state index in [1.807, 2.05) is 24.3 Å². The van der Waals surface area contributed by atoms with Crippen molar-refractivity contribution in [1.82, 2.24) is 4.90 Å². The molecule has 1 aliphatic heterocycles. The Bertz CT molecular complexity index is 393. The first kappa shape index (κ1) is 17.6. The van der Waals surface area contributed by atoms with Gasteiger partial charge in [-0.2, -0.15) is 0 Å². The predicted molar refractivity (Wildman–Crippen MR) is 87.0 cm³/mol. The lowest BCUT2D eigenvalue weighted by molar-refractivity contribution is 0.147. The lowest BCUT2D eigenvalue weighted by Gasteiger charge is -2.33. The highest BCUT2D eigenvalue weighted by Gasteiger charge is 2.21. The molecule has 1 aromatic rings. The molecule has 0 amide bonds. The molecule has 2 rings (SSSR count). The Labute approximate surface area is 132 Å². The summed E-state index contributed by atoms with van der Waals surface area (Å²) in [6.07, 6.45) is 2.40. The number of ether oxygens (including phenoxy) is 1. The van der Waals surface area contributed by atoms with Gasteiger partial charge in [0.05, 0.1) is 5.02 Å². The van der Waals surface area contributed by atoms with Crippen molar-refractivity contribution in [1.29, 1.82) is 0 Å². The number of hydrogen-bond acceptors (Lipinski definition) is 3. The van der Waals surface area contributed by atoms with Crippen LogP contribution in [-0.4, -0.2) is 37.2 Å². The smallest absolute Gasteiger partial charge is 0.137 e. The van der Waals surface area contributed by atoms with E-state index >= 15 is 0 Å². The molecule has 20 heavy (non-hydrogen) atoms. The molecule has 1 aliphatic rings. The fourth-order valence-electron chi connectivity index (χ4n) is 2.55. The zero-order valence-electron chi connectivity index (χ0n) is 11.9. The van der Waals surface area contributed by atoms with Crippen LogP contribution in [0.1, 0.15) is 19.8 Å². The summed E-state index contributed by atoms with van der Waals surface area (Å²) in [6, 6.07) is 7.93. The largest absolute Gasteiger partial charge is 0.491 e. The highest BCUT2D eigenvalue weighted by atomic mass is 35.5. The van der Waals surface area contributed by atoms with Crippen LogP contribution in [0, 0.1) is 5.92 Å². The maximum absolute atomic E-state index is 6.05. The predicted octanol–water partition coefficient (Wildman–Crippen LogP) is 3.20. The second kappa shape index (κ2) is 8.73. The summed E-state index contributed by atoms with van der Waals surface area (Å²) in [5.41, 5.74) is 5.95. The van der Waals surface area contributed by atoms with E-state index in [0.29, 0.717) is 23.6 Å². The van der Waals surface area contributed by atoms with Crippen LogP contribution in [-0.2, 0) is 0 Å². The summed E-state index contributed by atoms with van der Waals surface area (Å²) >= 11 is 6.05. The lowest BCUT2D eigenvalue weighted by Crippen LogP contribution is -2.41. The van der Waals surface area contributed by atoms with E-state index in [9.17, 15) is 0 Å². The van der Waals surface area contributed by atoms with Crippen molar-refractivity contribution in [2.45, 2.75) is 25.8 Å². The summed E-state index contributed by atoms with van der Waals surface area (Å²) in [7, 11) is 0. The van der Waals surface area contributed by atoms with Crippen molar-refractivity contribution >= 4 is 24.0 Å². The Kier molecular flexibility index (Phi) is 7.67. The van der Waals surface area contributed by atoms with Gasteiger partial charge in [-0.25, -0.2) is 0 Å². The van der Waals surface area contributed by atoms with Crippen molar-refractivity contribution in [3.63, 3.8) is 0 Å². The molecule has 0 saturated carbocycles. The molecule has 0 aromatic heterocycles. The van der Waals surface area contributed by atoms with Crippen molar-refractivity contribution in [3.05, 3.63) is 29.3 Å². The Balaban J connectivity index is 0.00000200. The standard InChI is InChI=1S/C15H23ClN2O.ClH/c1-12(17)13-6-8-18(9-7-13)10-11-19-15-5-3-2-4-14(15)16;/h2-5,12-13H,6-11,17H2,1H3;1H. The van der Waals surface area contributed by atoms with Gasteiger partial charge in [0.15, 0.2) is 0 Å². The molecule has 1 saturated heterocycles. The number of para-hydroxylation sites is 1. The van der Waals surface area contributed by atoms with E-state index in [-0.39, 0.29) is 12.4 Å². The fourth-order valence-corrected chi connectivity index (χ4v) is 2.74. The molecule has 1 fully saturated rings. The molecule has 0 bridgehead atoms. The van der Waals surface area contributed by atoms with Crippen LogP contribution in [0.5, 0.6) is 5.75 Å². The molecule has 1 heterocycles. The van der Waals surface area contributed by atoms with Gasteiger partial charge < -0.3 is 10.5 Å². The second-order valence-corrected chi connectivity index (χ2v) is 5.72. The van der Waals surface area contributed by atoms with Gasteiger partial charge >= 0.3 is 0 Å². The molecule has 2 N–H and O–H groups in total. The third kappa shape index (κ3) is 5.13. The zero-order chi connectivity index (χ0) is 13.7. The number of piperidine rings is 1. The summed E-state index contributed by atoms with van der Waals surface area (Å²) < 4.78 is 5.72. The minimum atomic E-state index is 0. The topological polar surface area (TPSA) is 38.5 Å². The Morgan fingerprint density at radius 2 is 2.00 bits per heavy atom. The first-order valence-electron chi connectivity index (χ1n) is 7.02. The summed E-state index contributed by atoms with van der Waals surface area (Å²) in [4.78, 5) is 2.44. The molecule has 1 atom stereocenters. The maximum atomic E-state index is 6.05. The van der Waals surface area contributed by atoms with Crippen LogP contribution in [0.15, 0.2) is 24.3 Å². The van der Waals surface area contributed by atoms with E-state index < -0.39 is 0 Å². The fraction of sp³-hybridized carbons (Fsp3) is 0.600. The third-order valence-corrected chi connectivity index (χ3v) is 4.19. The van der Waals surface area contributed by atoms with Gasteiger partial charge in [0.1, 0.15) is 12.4 Å². The van der Waals surface area contributed by atoms with Gasteiger partial charge in [-0.05, 0) is 50.9 Å². The van der Waals surface area contributed by atoms with E-state index in [0.717, 1.165) is 25.4 Å². The van der Waals surface area contributed by atoms with E-state index in [1.165, 1.54) is 12.8 Å². The van der Waals surface area contributed by atoms with Gasteiger partial charge in [-0.15, -0.1) is 12.4 Å². The van der Waals surface area contributed by atoms with Crippen LogP contribution in [0.25, 0.3) is 0 Å². The molecule has 114 valence electrons. The average molecular weight is 319 g/mol. The minimum Gasteiger partial charge on any atom is -0.491 e. The lowest BCUT2D eigenvalue weighted by atomic mass is 9.91. The normalized spacial score (nSPS) is 18.4. The Hall–Kier alpha value is -0.480. The maximum Gasteiger partial charge on any atom is 0.137 e. The number of nitrogens with zero attached hydrogens (tertiary/aromatic N) is 1. The SMILES string of the molecule is CC(N)C1CCN(CCOc2ccccc2Cl)CC1.Cl. The Morgan fingerprint density at radius 1 is 1.35 bits per heavy atom. The third-order valence-electron chi connectivity index (χ3n) is 3.88. The molecule has 5 heteroatoms. The van der Waals surface area contributed by atoms with Crippen LogP contribution in [0.3, 0.4) is 0 Å².